The molecule has 1 atom stereocenters. The Morgan fingerprint density at radius 2 is 1.93 bits per heavy atom. The molecule has 0 bridgehead atoms. The SMILES string of the molecule is CC(SSc1ccccn1)c1ccc(C(=O)NCCOCCOCCN=[N+]=[N-])cc1. The molecule has 30 heavy (non-hydrogen) atoms. The van der Waals surface area contributed by atoms with Gasteiger partial charge in [0.05, 0.1) is 26.4 Å². The molecule has 0 radical (unpaired) electrons. The average molecular weight is 448 g/mol. The maximum absolute atomic E-state index is 12.2. The van der Waals surface area contributed by atoms with Crippen molar-refractivity contribution >= 4 is 27.5 Å². The van der Waals surface area contributed by atoms with Crippen LogP contribution < -0.4 is 5.32 Å². The molecule has 1 aromatic carbocycles. The fourth-order valence-corrected chi connectivity index (χ4v) is 4.40. The molecule has 2 aromatic rings. The fraction of sp³-hybridized carbons (Fsp3) is 0.400. The van der Waals surface area contributed by atoms with Gasteiger partial charge in [-0.3, -0.25) is 4.79 Å². The van der Waals surface area contributed by atoms with Crippen LogP contribution in [-0.2, 0) is 9.47 Å². The molecule has 1 amide bonds. The predicted molar refractivity (Wildman–Crippen MR) is 121 cm³/mol. The third-order valence-corrected chi connectivity index (χ3v) is 6.60. The van der Waals surface area contributed by atoms with E-state index in [2.05, 4.69) is 27.3 Å². The van der Waals surface area contributed by atoms with E-state index in [1.807, 2.05) is 42.5 Å². The van der Waals surface area contributed by atoms with Gasteiger partial charge >= 0.3 is 0 Å². The molecule has 0 aliphatic rings. The Kier molecular flexibility index (Phi) is 11.8. The predicted octanol–water partition coefficient (Wildman–Crippen LogP) is 4.66. The Hall–Kier alpha value is -2.23. The number of amides is 1. The van der Waals surface area contributed by atoms with Crippen LogP contribution in [0.1, 0.15) is 28.1 Å². The number of nitrogens with one attached hydrogen (secondary N) is 1. The van der Waals surface area contributed by atoms with Gasteiger partial charge in [-0.2, -0.15) is 0 Å². The third-order valence-electron chi connectivity index (χ3n) is 3.86. The number of aromatic nitrogens is 1. The molecule has 2 rings (SSSR count). The van der Waals surface area contributed by atoms with Crippen molar-refractivity contribution in [2.75, 3.05) is 39.5 Å². The number of carbonyl (C=O) groups is 1. The van der Waals surface area contributed by atoms with Gasteiger partial charge in [-0.1, -0.05) is 34.1 Å². The second-order valence-electron chi connectivity index (χ2n) is 6.05. The number of benzene rings is 1. The van der Waals surface area contributed by atoms with Crippen LogP contribution in [0.15, 0.2) is 58.8 Å². The third kappa shape index (κ3) is 9.51. The molecule has 1 N–H and O–H groups in total. The summed E-state index contributed by atoms with van der Waals surface area (Å²) in [5.74, 6) is -0.126. The van der Waals surface area contributed by atoms with Crippen molar-refractivity contribution < 1.29 is 14.3 Å². The van der Waals surface area contributed by atoms with E-state index in [0.717, 1.165) is 10.6 Å². The van der Waals surface area contributed by atoms with Crippen molar-refractivity contribution in [3.8, 4) is 0 Å². The van der Waals surface area contributed by atoms with Crippen LogP contribution in [-0.4, -0.2) is 50.4 Å². The summed E-state index contributed by atoms with van der Waals surface area (Å²) in [5, 5.41) is 7.46. The smallest absolute Gasteiger partial charge is 0.251 e. The van der Waals surface area contributed by atoms with Crippen molar-refractivity contribution in [1.29, 1.82) is 0 Å². The summed E-state index contributed by atoms with van der Waals surface area (Å²) in [5.41, 5.74) is 9.91. The van der Waals surface area contributed by atoms with Crippen LogP contribution in [0.4, 0.5) is 0 Å². The van der Waals surface area contributed by atoms with Crippen LogP contribution in [0, 0.1) is 0 Å². The van der Waals surface area contributed by atoms with Gasteiger partial charge in [0.2, 0.25) is 0 Å². The van der Waals surface area contributed by atoms with E-state index < -0.39 is 0 Å². The number of azide groups is 1. The fourth-order valence-electron chi connectivity index (χ4n) is 2.29. The van der Waals surface area contributed by atoms with Crippen molar-refractivity contribution in [2.24, 2.45) is 5.11 Å². The Bertz CT molecular complexity index is 802. The summed E-state index contributed by atoms with van der Waals surface area (Å²) in [4.78, 5) is 19.2. The van der Waals surface area contributed by atoms with E-state index in [4.69, 9.17) is 15.0 Å². The number of hydrogen-bond donors (Lipinski definition) is 1. The Balaban J connectivity index is 1.61. The number of rotatable bonds is 14. The first-order chi connectivity index (χ1) is 14.7. The van der Waals surface area contributed by atoms with Gasteiger partial charge < -0.3 is 14.8 Å². The van der Waals surface area contributed by atoms with Gasteiger partial charge in [0, 0.05) is 35.0 Å². The van der Waals surface area contributed by atoms with E-state index in [1.54, 1.807) is 27.8 Å². The first kappa shape index (κ1) is 24.0. The minimum atomic E-state index is -0.126. The zero-order valence-corrected chi connectivity index (χ0v) is 18.4. The number of hydrogen-bond acceptors (Lipinski definition) is 7. The summed E-state index contributed by atoms with van der Waals surface area (Å²) >= 11 is 0. The number of pyridine rings is 1. The second-order valence-corrected chi connectivity index (χ2v) is 8.61. The van der Waals surface area contributed by atoms with Crippen molar-refractivity contribution in [1.82, 2.24) is 10.3 Å². The topological polar surface area (TPSA) is 109 Å². The molecule has 0 spiro atoms. The van der Waals surface area contributed by atoms with Gasteiger partial charge in [-0.25, -0.2) is 4.98 Å². The molecule has 0 fully saturated rings. The van der Waals surface area contributed by atoms with E-state index in [-0.39, 0.29) is 11.2 Å². The highest BCUT2D eigenvalue weighted by Crippen LogP contribution is 2.41. The maximum Gasteiger partial charge on any atom is 0.251 e. The van der Waals surface area contributed by atoms with Crippen molar-refractivity contribution in [2.45, 2.75) is 17.2 Å². The van der Waals surface area contributed by atoms with Gasteiger partial charge in [0.15, 0.2) is 0 Å². The minimum absolute atomic E-state index is 0.126. The molecule has 0 aliphatic carbocycles. The molecule has 160 valence electrons. The number of nitrogens with zero attached hydrogens (tertiary/aromatic N) is 4. The lowest BCUT2D eigenvalue weighted by molar-refractivity contribution is 0.0511. The Labute approximate surface area is 184 Å². The summed E-state index contributed by atoms with van der Waals surface area (Å²) in [6.45, 7) is 4.49. The van der Waals surface area contributed by atoms with Gasteiger partial charge in [0.25, 0.3) is 5.91 Å². The van der Waals surface area contributed by atoms with Crippen LogP contribution in [0.5, 0.6) is 0 Å². The molecular weight excluding hydrogens is 422 g/mol. The monoisotopic (exact) mass is 447 g/mol. The van der Waals surface area contributed by atoms with E-state index >= 15 is 0 Å². The van der Waals surface area contributed by atoms with E-state index in [9.17, 15) is 4.79 Å². The highest BCUT2D eigenvalue weighted by Gasteiger charge is 2.10. The van der Waals surface area contributed by atoms with Crippen LogP contribution in [0.3, 0.4) is 0 Å². The first-order valence-corrected chi connectivity index (χ1v) is 11.7. The Morgan fingerprint density at radius 1 is 1.17 bits per heavy atom. The summed E-state index contributed by atoms with van der Waals surface area (Å²) < 4.78 is 10.6. The molecule has 0 aliphatic heterocycles. The standard InChI is InChI=1S/C20H25N5O3S2/c1-16(29-30-19-4-2-3-9-22-19)17-5-7-18(8-6-17)20(26)23-10-12-27-14-15-28-13-11-24-25-21/h2-9,16H,10-15H2,1H3,(H,23,26). The largest absolute Gasteiger partial charge is 0.379 e. The molecule has 1 heterocycles. The Morgan fingerprint density at radius 3 is 2.63 bits per heavy atom. The van der Waals surface area contributed by atoms with Crippen LogP contribution in [0.2, 0.25) is 0 Å². The highest BCUT2D eigenvalue weighted by molar-refractivity contribution is 8.76. The summed E-state index contributed by atoms with van der Waals surface area (Å²) in [7, 11) is 3.37. The molecule has 8 nitrogen and oxygen atoms in total. The molecule has 1 unspecified atom stereocenters. The van der Waals surface area contributed by atoms with Gasteiger partial charge in [-0.05, 0) is 53.1 Å². The molecule has 10 heteroatoms. The van der Waals surface area contributed by atoms with Crippen molar-refractivity contribution in [3.63, 3.8) is 0 Å². The van der Waals surface area contributed by atoms with E-state index in [0.29, 0.717) is 45.1 Å². The summed E-state index contributed by atoms with van der Waals surface area (Å²) in [6, 6.07) is 13.5. The van der Waals surface area contributed by atoms with Gasteiger partial charge in [0.1, 0.15) is 5.03 Å². The molecular formula is C20H25N5O3S2. The number of carbonyl (C=O) groups excluding carboxylic acids is 1. The summed E-state index contributed by atoms with van der Waals surface area (Å²) in [6.07, 6.45) is 1.79. The molecule has 1 aromatic heterocycles. The molecule has 0 saturated heterocycles. The average Bonchev–Trinajstić information content (AvgIpc) is 2.79. The normalized spacial score (nSPS) is 11.5. The van der Waals surface area contributed by atoms with Gasteiger partial charge in [-0.15, -0.1) is 0 Å². The lowest BCUT2D eigenvalue weighted by Crippen LogP contribution is -2.27. The number of ether oxygens (including phenoxy) is 2. The lowest BCUT2D eigenvalue weighted by Gasteiger charge is -2.11. The first-order valence-electron chi connectivity index (χ1n) is 9.49. The highest BCUT2D eigenvalue weighted by atomic mass is 33.1. The quantitative estimate of drug-likeness (QED) is 0.148. The maximum atomic E-state index is 12.2. The van der Waals surface area contributed by atoms with Crippen molar-refractivity contribution in [3.05, 3.63) is 70.2 Å². The zero-order valence-electron chi connectivity index (χ0n) is 16.8. The van der Waals surface area contributed by atoms with E-state index in [1.165, 1.54) is 0 Å². The van der Waals surface area contributed by atoms with Crippen LogP contribution in [0.25, 0.3) is 10.4 Å². The van der Waals surface area contributed by atoms with Crippen LogP contribution >= 0.6 is 21.6 Å². The zero-order chi connectivity index (χ0) is 21.4. The molecule has 0 saturated carbocycles. The second kappa shape index (κ2) is 14.7. The minimum Gasteiger partial charge on any atom is -0.379 e. The lowest BCUT2D eigenvalue weighted by atomic mass is 10.1.